The molecule has 2 atom stereocenters. The molecule has 2 radical (unpaired) electrons. The summed E-state index contributed by atoms with van der Waals surface area (Å²) in [7, 11) is 0. The first kappa shape index (κ1) is 6.70. The standard InChI is InChI=1S/C4H8S2/c1-3(5)4(2)6/h3-4H,1-2H3. The van der Waals surface area contributed by atoms with Crippen LogP contribution in [-0.2, 0) is 0 Å². The minimum absolute atomic E-state index is 0.250. The lowest BCUT2D eigenvalue weighted by Crippen LogP contribution is -2.04. The van der Waals surface area contributed by atoms with E-state index in [1.807, 2.05) is 13.8 Å². The zero-order chi connectivity index (χ0) is 5.15. The summed E-state index contributed by atoms with van der Waals surface area (Å²) in [4.78, 5) is 0. The fourth-order valence-corrected chi connectivity index (χ4v) is 0. The third-order valence-electron chi connectivity index (χ3n) is 0.661. The van der Waals surface area contributed by atoms with Gasteiger partial charge in [-0.15, -0.1) is 0 Å². The van der Waals surface area contributed by atoms with Crippen molar-refractivity contribution in [1.29, 1.82) is 0 Å². The average Bonchev–Trinajstić information content (AvgIpc) is 1.36. The fourth-order valence-electron chi connectivity index (χ4n) is 0. The molecule has 0 bridgehead atoms. The molecule has 0 amide bonds. The van der Waals surface area contributed by atoms with E-state index in [9.17, 15) is 0 Å². The highest BCUT2D eigenvalue weighted by Gasteiger charge is 2.00. The van der Waals surface area contributed by atoms with E-state index in [0.717, 1.165) is 0 Å². The van der Waals surface area contributed by atoms with Crippen LogP contribution in [0.1, 0.15) is 13.8 Å². The van der Waals surface area contributed by atoms with E-state index in [-0.39, 0.29) is 10.5 Å². The molecule has 6 heavy (non-hydrogen) atoms. The van der Waals surface area contributed by atoms with Crippen molar-refractivity contribution in [2.75, 3.05) is 0 Å². The van der Waals surface area contributed by atoms with Crippen LogP contribution in [0.4, 0.5) is 0 Å². The molecule has 0 heterocycles. The number of hydrogen-bond donors (Lipinski definition) is 0. The van der Waals surface area contributed by atoms with Crippen molar-refractivity contribution < 1.29 is 0 Å². The van der Waals surface area contributed by atoms with Gasteiger partial charge in [0.2, 0.25) is 0 Å². The molecule has 0 saturated heterocycles. The van der Waals surface area contributed by atoms with Gasteiger partial charge < -0.3 is 0 Å². The molecular formula is C4H8S2. The molecule has 0 rings (SSSR count). The average molecular weight is 120 g/mol. The highest BCUT2D eigenvalue weighted by Crippen LogP contribution is 2.04. The molecule has 0 aromatic heterocycles. The van der Waals surface area contributed by atoms with Crippen LogP contribution in [0, 0.1) is 0 Å². The quantitative estimate of drug-likeness (QED) is 0.497. The first-order chi connectivity index (χ1) is 2.64. The normalized spacial score (nSPS) is 20.0. The van der Waals surface area contributed by atoms with Crippen molar-refractivity contribution in [3.63, 3.8) is 0 Å². The maximum atomic E-state index is 4.80. The van der Waals surface area contributed by atoms with Gasteiger partial charge in [-0.1, -0.05) is 39.1 Å². The van der Waals surface area contributed by atoms with Crippen molar-refractivity contribution in [2.24, 2.45) is 0 Å². The van der Waals surface area contributed by atoms with E-state index in [1.165, 1.54) is 0 Å². The molecule has 0 spiro atoms. The summed E-state index contributed by atoms with van der Waals surface area (Å²) in [5, 5.41) is 0.500. The largest absolute Gasteiger partial charge is 0.0895 e. The lowest BCUT2D eigenvalue weighted by atomic mass is 10.4. The number of rotatable bonds is 1. The molecule has 0 nitrogen and oxygen atoms in total. The third kappa shape index (κ3) is 2.91. The van der Waals surface area contributed by atoms with Crippen molar-refractivity contribution in [3.05, 3.63) is 0 Å². The summed E-state index contributed by atoms with van der Waals surface area (Å²) < 4.78 is 0. The van der Waals surface area contributed by atoms with E-state index in [1.54, 1.807) is 0 Å². The Labute approximate surface area is 50.1 Å². The van der Waals surface area contributed by atoms with E-state index in [4.69, 9.17) is 25.3 Å². The molecule has 0 saturated carbocycles. The molecule has 0 aromatic rings. The van der Waals surface area contributed by atoms with E-state index in [0.29, 0.717) is 0 Å². The Morgan fingerprint density at radius 1 is 1.00 bits per heavy atom. The van der Waals surface area contributed by atoms with Crippen LogP contribution in [0.3, 0.4) is 0 Å². The predicted octanol–water partition coefficient (Wildman–Crippen LogP) is 2.16. The Morgan fingerprint density at radius 2 is 1.17 bits per heavy atom. The molecule has 2 unspecified atom stereocenters. The van der Waals surface area contributed by atoms with Gasteiger partial charge in [0.15, 0.2) is 0 Å². The molecule has 36 valence electrons. The van der Waals surface area contributed by atoms with Crippen molar-refractivity contribution in [2.45, 2.75) is 24.3 Å². The maximum absolute atomic E-state index is 4.80. The second-order valence-corrected chi connectivity index (χ2v) is 2.90. The molecule has 0 N–H and O–H groups in total. The Hall–Kier alpha value is 0.700. The van der Waals surface area contributed by atoms with Gasteiger partial charge in [-0.2, -0.15) is 0 Å². The molecule has 0 aliphatic rings. The lowest BCUT2D eigenvalue weighted by molar-refractivity contribution is 0.941. The Balaban J connectivity index is 2.99. The minimum Gasteiger partial charge on any atom is -0.0895 e. The summed E-state index contributed by atoms with van der Waals surface area (Å²) >= 11 is 9.60. The molecule has 0 aliphatic carbocycles. The van der Waals surface area contributed by atoms with Crippen molar-refractivity contribution in [3.8, 4) is 0 Å². The van der Waals surface area contributed by atoms with Crippen LogP contribution in [0.15, 0.2) is 0 Å². The SMILES string of the molecule is CC([S])C(C)[S]. The molecular weight excluding hydrogens is 112 g/mol. The molecule has 0 fully saturated rings. The maximum Gasteiger partial charge on any atom is 0.0247 e. The Kier molecular flexibility index (Phi) is 3.13. The first-order valence-corrected chi connectivity index (χ1v) is 2.90. The van der Waals surface area contributed by atoms with Crippen LogP contribution in [0.5, 0.6) is 0 Å². The molecule has 0 aromatic carbocycles. The van der Waals surface area contributed by atoms with E-state index in [2.05, 4.69) is 0 Å². The summed E-state index contributed by atoms with van der Waals surface area (Å²) in [6.45, 7) is 3.90. The lowest BCUT2D eigenvalue weighted by Gasteiger charge is -2.01. The topological polar surface area (TPSA) is 0 Å². The van der Waals surface area contributed by atoms with Gasteiger partial charge in [0.25, 0.3) is 0 Å². The first-order valence-electron chi connectivity index (χ1n) is 1.96. The van der Waals surface area contributed by atoms with Crippen LogP contribution in [-0.4, -0.2) is 10.5 Å². The van der Waals surface area contributed by atoms with Crippen LogP contribution in [0.25, 0.3) is 0 Å². The second kappa shape index (κ2) is 2.80. The predicted molar refractivity (Wildman–Crippen MR) is 34.1 cm³/mol. The summed E-state index contributed by atoms with van der Waals surface area (Å²) in [5.41, 5.74) is 0. The van der Waals surface area contributed by atoms with Gasteiger partial charge in [-0.25, -0.2) is 0 Å². The van der Waals surface area contributed by atoms with Crippen molar-refractivity contribution in [1.82, 2.24) is 0 Å². The van der Waals surface area contributed by atoms with Crippen LogP contribution in [0.2, 0.25) is 0 Å². The zero-order valence-corrected chi connectivity index (χ0v) is 5.60. The minimum atomic E-state index is 0.250. The van der Waals surface area contributed by atoms with Gasteiger partial charge in [-0.3, -0.25) is 0 Å². The van der Waals surface area contributed by atoms with Gasteiger partial charge in [0.05, 0.1) is 0 Å². The van der Waals surface area contributed by atoms with Crippen LogP contribution < -0.4 is 0 Å². The molecule has 2 heteroatoms. The van der Waals surface area contributed by atoms with Gasteiger partial charge in [0, 0.05) is 10.5 Å². The fraction of sp³-hybridized carbons (Fsp3) is 1.00. The Bertz CT molecular complexity index is 26.5. The highest BCUT2D eigenvalue weighted by molar-refractivity contribution is 7.85. The van der Waals surface area contributed by atoms with Crippen LogP contribution >= 0.6 is 25.3 Å². The summed E-state index contributed by atoms with van der Waals surface area (Å²) in [6.07, 6.45) is 0. The van der Waals surface area contributed by atoms with E-state index < -0.39 is 0 Å². The van der Waals surface area contributed by atoms with Gasteiger partial charge >= 0.3 is 0 Å². The zero-order valence-electron chi connectivity index (χ0n) is 3.97. The monoisotopic (exact) mass is 120 g/mol. The van der Waals surface area contributed by atoms with Gasteiger partial charge in [-0.05, 0) is 0 Å². The summed E-state index contributed by atoms with van der Waals surface area (Å²) in [5.74, 6) is 0. The Morgan fingerprint density at radius 3 is 1.17 bits per heavy atom. The van der Waals surface area contributed by atoms with Crippen molar-refractivity contribution >= 4 is 25.3 Å². The number of hydrogen-bond acceptors (Lipinski definition) is 0. The third-order valence-corrected chi connectivity index (χ3v) is 1.65. The second-order valence-electron chi connectivity index (χ2n) is 1.41. The smallest absolute Gasteiger partial charge is 0.0247 e. The van der Waals surface area contributed by atoms with E-state index >= 15 is 0 Å². The highest BCUT2D eigenvalue weighted by atomic mass is 32.1. The molecule has 0 aliphatic heterocycles. The summed E-state index contributed by atoms with van der Waals surface area (Å²) in [6, 6.07) is 0. The van der Waals surface area contributed by atoms with Gasteiger partial charge in [0.1, 0.15) is 0 Å².